The van der Waals surface area contributed by atoms with E-state index in [9.17, 15) is 14.9 Å². The van der Waals surface area contributed by atoms with E-state index in [1.165, 1.54) is 18.2 Å². The maximum Gasteiger partial charge on any atom is 0.269 e. The number of nitro groups is 1. The second-order valence-corrected chi connectivity index (χ2v) is 3.99. The lowest BCUT2D eigenvalue weighted by atomic mass is 10.1. The number of rotatable bonds is 4. The van der Waals surface area contributed by atoms with E-state index in [1.807, 2.05) is 6.92 Å². The van der Waals surface area contributed by atoms with E-state index in [4.69, 9.17) is 9.47 Å². The fourth-order valence-electron chi connectivity index (χ4n) is 1.76. The van der Waals surface area contributed by atoms with Crippen LogP contribution in [0, 0.1) is 10.1 Å². The van der Waals surface area contributed by atoms with Gasteiger partial charge in [0.05, 0.1) is 11.3 Å². The van der Waals surface area contributed by atoms with Gasteiger partial charge in [0.25, 0.3) is 5.69 Å². The highest BCUT2D eigenvalue weighted by molar-refractivity contribution is 5.97. The van der Waals surface area contributed by atoms with Crippen molar-refractivity contribution < 1.29 is 19.2 Å². The first-order chi connectivity index (χ1) is 9.10. The number of carbonyl (C=O) groups excluding carboxylic acids is 1. The van der Waals surface area contributed by atoms with Gasteiger partial charge in [0.15, 0.2) is 5.78 Å². The minimum atomic E-state index is -0.590. The molecule has 6 heteroatoms. The van der Waals surface area contributed by atoms with Crippen LogP contribution in [0.3, 0.4) is 0 Å². The Bertz CT molecular complexity index is 520. The lowest BCUT2D eigenvalue weighted by molar-refractivity contribution is -0.384. The van der Waals surface area contributed by atoms with Gasteiger partial charge >= 0.3 is 0 Å². The number of carbonyl (C=O) groups is 1. The van der Waals surface area contributed by atoms with Crippen molar-refractivity contribution in [3.63, 3.8) is 0 Å². The average molecular weight is 263 g/mol. The molecule has 0 aliphatic carbocycles. The quantitative estimate of drug-likeness (QED) is 0.615. The Morgan fingerprint density at radius 1 is 1.42 bits per heavy atom. The van der Waals surface area contributed by atoms with Crippen LogP contribution < -0.4 is 0 Å². The van der Waals surface area contributed by atoms with Gasteiger partial charge in [-0.3, -0.25) is 14.9 Å². The molecule has 2 rings (SSSR count). The summed E-state index contributed by atoms with van der Waals surface area (Å²) < 4.78 is 10.8. The third-order valence-corrected chi connectivity index (χ3v) is 2.63. The molecule has 6 nitrogen and oxygen atoms in total. The lowest BCUT2D eigenvalue weighted by Crippen LogP contribution is -2.24. The Labute approximate surface area is 109 Å². The van der Waals surface area contributed by atoms with Crippen LogP contribution in [0.5, 0.6) is 0 Å². The number of hydrogen-bond acceptors (Lipinski definition) is 5. The van der Waals surface area contributed by atoms with Gasteiger partial charge in [-0.2, -0.15) is 0 Å². The fourth-order valence-corrected chi connectivity index (χ4v) is 1.76. The minimum absolute atomic E-state index is 0.00663. The van der Waals surface area contributed by atoms with Crippen LogP contribution in [0.2, 0.25) is 0 Å². The Hall–Kier alpha value is -2.21. The molecule has 1 aliphatic heterocycles. The fraction of sp³-hybridized carbons (Fsp3) is 0.308. The number of non-ortho nitro benzene ring substituents is 1. The zero-order chi connectivity index (χ0) is 13.8. The molecule has 1 unspecified atom stereocenters. The molecule has 0 bridgehead atoms. The van der Waals surface area contributed by atoms with Crippen molar-refractivity contribution in [1.82, 2.24) is 0 Å². The lowest BCUT2D eigenvalue weighted by Gasteiger charge is -2.23. The summed E-state index contributed by atoms with van der Waals surface area (Å²) in [7, 11) is 0. The van der Waals surface area contributed by atoms with Crippen LogP contribution in [0.25, 0.3) is 5.76 Å². The zero-order valence-electron chi connectivity index (χ0n) is 10.4. The van der Waals surface area contributed by atoms with Crippen molar-refractivity contribution in [1.29, 1.82) is 0 Å². The summed E-state index contributed by atoms with van der Waals surface area (Å²) >= 11 is 0. The predicted molar refractivity (Wildman–Crippen MR) is 67.2 cm³/mol. The smallest absolute Gasteiger partial charge is 0.269 e. The van der Waals surface area contributed by atoms with Crippen LogP contribution in [-0.2, 0) is 14.3 Å². The Balaban J connectivity index is 2.20. The van der Waals surface area contributed by atoms with Crippen molar-refractivity contribution in [2.75, 3.05) is 6.61 Å². The Morgan fingerprint density at radius 2 is 2.11 bits per heavy atom. The Kier molecular flexibility index (Phi) is 3.91. The Morgan fingerprint density at radius 3 is 2.68 bits per heavy atom. The first-order valence-electron chi connectivity index (χ1n) is 5.87. The molecule has 19 heavy (non-hydrogen) atoms. The van der Waals surface area contributed by atoms with Crippen LogP contribution >= 0.6 is 0 Å². The summed E-state index contributed by atoms with van der Waals surface area (Å²) in [6.07, 6.45) is 0.980. The second-order valence-electron chi connectivity index (χ2n) is 3.99. The first kappa shape index (κ1) is 13.2. The SMILES string of the molecule is CCOC1CC(=O)C=C(c2ccc([N+](=O)[O-])cc2)O1. The van der Waals surface area contributed by atoms with Gasteiger partial charge in [-0.25, -0.2) is 0 Å². The number of nitro benzene ring substituents is 1. The molecule has 100 valence electrons. The monoisotopic (exact) mass is 263 g/mol. The van der Waals surface area contributed by atoms with Gasteiger partial charge in [0.2, 0.25) is 6.29 Å². The van der Waals surface area contributed by atoms with Crippen molar-refractivity contribution in [2.45, 2.75) is 19.6 Å². The normalized spacial score (nSPS) is 18.7. The highest BCUT2D eigenvalue weighted by Gasteiger charge is 2.23. The van der Waals surface area contributed by atoms with E-state index >= 15 is 0 Å². The molecular formula is C13H13NO5. The number of ketones is 1. The summed E-state index contributed by atoms with van der Waals surface area (Å²) in [5.41, 5.74) is 0.608. The number of hydrogen-bond donors (Lipinski definition) is 0. The molecule has 0 saturated carbocycles. The van der Waals surface area contributed by atoms with Gasteiger partial charge in [0.1, 0.15) is 5.76 Å². The van der Waals surface area contributed by atoms with E-state index in [0.717, 1.165) is 0 Å². The first-order valence-corrected chi connectivity index (χ1v) is 5.87. The van der Waals surface area contributed by atoms with Crippen LogP contribution in [-0.4, -0.2) is 23.6 Å². The highest BCUT2D eigenvalue weighted by atomic mass is 16.7. The maximum atomic E-state index is 11.6. The van der Waals surface area contributed by atoms with Crippen molar-refractivity contribution in [2.24, 2.45) is 0 Å². The molecule has 1 aliphatic rings. The van der Waals surface area contributed by atoms with E-state index in [0.29, 0.717) is 17.9 Å². The summed E-state index contributed by atoms with van der Waals surface area (Å²) in [6, 6.07) is 5.83. The molecule has 1 aromatic rings. The molecule has 0 fully saturated rings. The van der Waals surface area contributed by atoms with Crippen molar-refractivity contribution >= 4 is 17.2 Å². The summed E-state index contributed by atoms with van der Waals surface area (Å²) in [4.78, 5) is 21.6. The zero-order valence-corrected chi connectivity index (χ0v) is 10.4. The van der Waals surface area contributed by atoms with E-state index in [1.54, 1.807) is 12.1 Å². The third-order valence-electron chi connectivity index (χ3n) is 2.63. The van der Waals surface area contributed by atoms with Gasteiger partial charge in [-0.05, 0) is 19.1 Å². The van der Waals surface area contributed by atoms with Gasteiger partial charge in [0, 0.05) is 30.4 Å². The average Bonchev–Trinajstić information content (AvgIpc) is 2.38. The number of nitrogens with zero attached hydrogens (tertiary/aromatic N) is 1. The van der Waals surface area contributed by atoms with E-state index in [-0.39, 0.29) is 17.9 Å². The van der Waals surface area contributed by atoms with Crippen LogP contribution in [0.4, 0.5) is 5.69 Å². The van der Waals surface area contributed by atoms with Gasteiger partial charge in [-0.15, -0.1) is 0 Å². The topological polar surface area (TPSA) is 78.7 Å². The summed E-state index contributed by atoms with van der Waals surface area (Å²) in [5.74, 6) is 0.294. The van der Waals surface area contributed by atoms with E-state index < -0.39 is 11.2 Å². The third kappa shape index (κ3) is 3.17. The standard InChI is InChI=1S/C13H13NO5/c1-2-18-13-8-11(15)7-12(19-13)9-3-5-10(6-4-9)14(16)17/h3-7,13H,2,8H2,1H3. The largest absolute Gasteiger partial charge is 0.464 e. The molecule has 0 spiro atoms. The molecule has 0 radical (unpaired) electrons. The molecule has 0 aromatic heterocycles. The number of ether oxygens (including phenoxy) is 2. The molecule has 0 saturated heterocycles. The van der Waals surface area contributed by atoms with Gasteiger partial charge < -0.3 is 9.47 Å². The van der Waals surface area contributed by atoms with Crippen molar-refractivity contribution in [3.8, 4) is 0 Å². The van der Waals surface area contributed by atoms with Crippen LogP contribution in [0.1, 0.15) is 18.9 Å². The molecule has 1 aromatic carbocycles. The van der Waals surface area contributed by atoms with Crippen molar-refractivity contribution in [3.05, 3.63) is 46.0 Å². The molecule has 0 amide bonds. The summed E-state index contributed by atoms with van der Waals surface area (Å²) in [6.45, 7) is 2.27. The highest BCUT2D eigenvalue weighted by Crippen LogP contribution is 2.25. The number of allylic oxidation sites excluding steroid dienone is 1. The molecule has 1 heterocycles. The van der Waals surface area contributed by atoms with Crippen LogP contribution in [0.15, 0.2) is 30.3 Å². The molecular weight excluding hydrogens is 250 g/mol. The number of benzene rings is 1. The minimum Gasteiger partial charge on any atom is -0.464 e. The predicted octanol–water partition coefficient (Wildman–Crippen LogP) is 2.29. The maximum absolute atomic E-state index is 11.6. The summed E-state index contributed by atoms with van der Waals surface area (Å²) in [5, 5.41) is 10.6. The molecule has 1 atom stereocenters. The van der Waals surface area contributed by atoms with E-state index in [2.05, 4.69) is 0 Å². The second kappa shape index (κ2) is 5.62. The molecule has 0 N–H and O–H groups in total. The van der Waals surface area contributed by atoms with Gasteiger partial charge in [-0.1, -0.05) is 0 Å².